The lowest BCUT2D eigenvalue weighted by atomic mass is 9.99. The van der Waals surface area contributed by atoms with Crippen LogP contribution in [0.4, 0.5) is 11.6 Å². The van der Waals surface area contributed by atoms with E-state index >= 15 is 0 Å². The van der Waals surface area contributed by atoms with E-state index in [1.165, 1.54) is 0 Å². The SMILES string of the molecule is O=C(CCCCCCC(=O)Nc1ccc([C@@H]2O[C@H](CN3CCN(c4ncccn4)CC3)C[C@H](c3ccc(CO)cc3)O2)cc1)NO. The smallest absolute Gasteiger partial charge is 0.243 e. The number of aromatic nitrogens is 2. The minimum absolute atomic E-state index is 0.00540. The second-order valence-corrected chi connectivity index (χ2v) is 11.8. The van der Waals surface area contributed by atoms with E-state index < -0.39 is 6.29 Å². The number of nitrogens with one attached hydrogen (secondary N) is 2. The van der Waals surface area contributed by atoms with Gasteiger partial charge in [0.2, 0.25) is 17.8 Å². The van der Waals surface area contributed by atoms with Gasteiger partial charge < -0.3 is 24.8 Å². The molecule has 0 aliphatic carbocycles. The summed E-state index contributed by atoms with van der Waals surface area (Å²) in [5.41, 5.74) is 5.11. The molecule has 0 saturated carbocycles. The largest absolute Gasteiger partial charge is 0.392 e. The highest BCUT2D eigenvalue weighted by molar-refractivity contribution is 5.90. The summed E-state index contributed by atoms with van der Waals surface area (Å²) < 4.78 is 13.0. The molecule has 246 valence electrons. The van der Waals surface area contributed by atoms with Crippen molar-refractivity contribution in [1.82, 2.24) is 20.3 Å². The molecule has 2 amide bonds. The van der Waals surface area contributed by atoms with Gasteiger partial charge in [-0.25, -0.2) is 15.4 Å². The first-order chi connectivity index (χ1) is 22.5. The summed E-state index contributed by atoms with van der Waals surface area (Å²) in [6.45, 7) is 4.23. The molecule has 3 aromatic rings. The highest BCUT2D eigenvalue weighted by Gasteiger charge is 2.34. The summed E-state index contributed by atoms with van der Waals surface area (Å²) in [4.78, 5) is 37.0. The standard InChI is InChI=1S/C34H44N6O6/c41-24-25-8-10-26(11-9-25)30-22-29(23-39-18-20-40(21-19-39)34-35-16-5-17-36-34)45-33(46-30)27-12-14-28(15-13-27)37-31(42)6-3-1-2-4-7-32(43)38-44/h5,8-17,29-30,33,41,44H,1-4,6-7,18-24H2,(H,37,42)(H,38,43)/t29-,30+,33+/m0/s1. The summed E-state index contributed by atoms with van der Waals surface area (Å²) in [6, 6.07) is 17.3. The Morgan fingerprint density at radius 2 is 1.48 bits per heavy atom. The van der Waals surface area contributed by atoms with Gasteiger partial charge in [-0.2, -0.15) is 0 Å². The first-order valence-electron chi connectivity index (χ1n) is 16.1. The molecule has 2 fully saturated rings. The third kappa shape index (κ3) is 9.78. The topological polar surface area (TPSA) is 149 Å². The predicted molar refractivity (Wildman–Crippen MR) is 172 cm³/mol. The fraction of sp³-hybridized carbons (Fsp3) is 0.471. The number of hydroxylamine groups is 1. The van der Waals surface area contributed by atoms with Crippen LogP contribution in [0.25, 0.3) is 0 Å². The molecule has 2 aliphatic heterocycles. The predicted octanol–water partition coefficient (Wildman–Crippen LogP) is 4.12. The minimum atomic E-state index is -0.571. The van der Waals surface area contributed by atoms with Crippen LogP contribution in [0.3, 0.4) is 0 Å². The summed E-state index contributed by atoms with van der Waals surface area (Å²) in [5, 5.41) is 21.0. The van der Waals surface area contributed by atoms with E-state index in [-0.39, 0.29) is 37.0 Å². The monoisotopic (exact) mass is 632 g/mol. The summed E-state index contributed by atoms with van der Waals surface area (Å²) in [6.07, 6.45) is 7.19. The Morgan fingerprint density at radius 1 is 0.826 bits per heavy atom. The molecule has 12 heteroatoms. The number of anilines is 2. The molecular weight excluding hydrogens is 588 g/mol. The maximum atomic E-state index is 12.5. The van der Waals surface area contributed by atoms with Crippen molar-refractivity contribution in [3.63, 3.8) is 0 Å². The number of aliphatic hydroxyl groups is 1. The number of aliphatic hydroxyl groups excluding tert-OH is 1. The summed E-state index contributed by atoms with van der Waals surface area (Å²) >= 11 is 0. The molecule has 3 heterocycles. The van der Waals surface area contributed by atoms with Crippen LogP contribution >= 0.6 is 0 Å². The van der Waals surface area contributed by atoms with Crippen molar-refractivity contribution in [1.29, 1.82) is 0 Å². The van der Waals surface area contributed by atoms with Crippen LogP contribution in [-0.4, -0.2) is 75.8 Å². The summed E-state index contributed by atoms with van der Waals surface area (Å²) in [5.74, 6) is 0.315. The number of unbranched alkanes of at least 4 members (excludes halogenated alkanes) is 3. The Kier molecular flexibility index (Phi) is 12.4. The number of amides is 2. The Morgan fingerprint density at radius 3 is 2.13 bits per heavy atom. The first kappa shape index (κ1) is 33.4. The third-order valence-corrected chi connectivity index (χ3v) is 8.43. The lowest BCUT2D eigenvalue weighted by molar-refractivity contribution is -0.253. The van der Waals surface area contributed by atoms with E-state index in [0.29, 0.717) is 24.9 Å². The second kappa shape index (κ2) is 17.1. The Labute approximate surface area is 269 Å². The van der Waals surface area contributed by atoms with E-state index in [9.17, 15) is 14.7 Å². The zero-order valence-electron chi connectivity index (χ0n) is 26.1. The first-order valence-corrected chi connectivity index (χ1v) is 16.1. The van der Waals surface area contributed by atoms with Crippen molar-refractivity contribution in [3.8, 4) is 0 Å². The molecule has 2 aromatic carbocycles. The number of carbonyl (C=O) groups excluding carboxylic acids is 2. The van der Waals surface area contributed by atoms with Gasteiger partial charge >= 0.3 is 0 Å². The van der Waals surface area contributed by atoms with Crippen molar-refractivity contribution in [2.24, 2.45) is 0 Å². The van der Waals surface area contributed by atoms with Crippen molar-refractivity contribution in [2.75, 3.05) is 42.9 Å². The molecule has 12 nitrogen and oxygen atoms in total. The van der Waals surface area contributed by atoms with E-state index in [4.69, 9.17) is 14.7 Å². The molecule has 0 spiro atoms. The maximum absolute atomic E-state index is 12.5. The second-order valence-electron chi connectivity index (χ2n) is 11.8. The van der Waals surface area contributed by atoms with Crippen LogP contribution in [0.15, 0.2) is 67.0 Å². The normalized spacial score (nSPS) is 20.3. The molecule has 5 rings (SSSR count). The van der Waals surface area contributed by atoms with Gasteiger partial charge in [0.05, 0.1) is 18.8 Å². The van der Waals surface area contributed by atoms with E-state index in [2.05, 4.69) is 25.1 Å². The molecule has 0 radical (unpaired) electrons. The van der Waals surface area contributed by atoms with E-state index in [1.54, 1.807) is 17.9 Å². The van der Waals surface area contributed by atoms with Crippen LogP contribution in [0, 0.1) is 0 Å². The van der Waals surface area contributed by atoms with Gasteiger partial charge in [0.15, 0.2) is 6.29 Å². The number of rotatable bonds is 14. The minimum Gasteiger partial charge on any atom is -0.392 e. The van der Waals surface area contributed by atoms with E-state index in [0.717, 1.165) is 74.6 Å². The fourth-order valence-electron chi connectivity index (χ4n) is 5.83. The van der Waals surface area contributed by atoms with Crippen molar-refractivity contribution in [3.05, 3.63) is 83.7 Å². The quantitative estimate of drug-likeness (QED) is 0.116. The highest BCUT2D eigenvalue weighted by Crippen LogP contribution is 2.38. The lowest BCUT2D eigenvalue weighted by Gasteiger charge is -2.40. The van der Waals surface area contributed by atoms with Crippen molar-refractivity contribution < 1.29 is 29.4 Å². The fourth-order valence-corrected chi connectivity index (χ4v) is 5.83. The molecule has 3 atom stereocenters. The van der Waals surface area contributed by atoms with Crippen LogP contribution in [0.2, 0.25) is 0 Å². The molecule has 2 saturated heterocycles. The molecule has 46 heavy (non-hydrogen) atoms. The molecule has 0 unspecified atom stereocenters. The molecule has 0 bridgehead atoms. The van der Waals surface area contributed by atoms with E-state index in [1.807, 2.05) is 54.6 Å². The Balaban J connectivity index is 1.16. The molecular formula is C34H44N6O6. The molecule has 1 aromatic heterocycles. The number of piperazine rings is 1. The van der Waals surface area contributed by atoms with Crippen LogP contribution in [0.1, 0.15) is 74.0 Å². The average Bonchev–Trinajstić information content (AvgIpc) is 3.10. The summed E-state index contributed by atoms with van der Waals surface area (Å²) in [7, 11) is 0. The van der Waals surface area contributed by atoms with Gasteiger partial charge in [0, 0.05) is 75.6 Å². The number of hydrogen-bond acceptors (Lipinski definition) is 10. The number of hydrogen-bond donors (Lipinski definition) is 4. The lowest BCUT2D eigenvalue weighted by Crippen LogP contribution is -2.50. The third-order valence-electron chi connectivity index (χ3n) is 8.43. The van der Waals surface area contributed by atoms with Gasteiger partial charge in [-0.1, -0.05) is 49.2 Å². The van der Waals surface area contributed by atoms with Gasteiger partial charge in [0.25, 0.3) is 0 Å². The Bertz CT molecular complexity index is 1370. The number of nitrogens with zero attached hydrogens (tertiary/aromatic N) is 4. The number of benzene rings is 2. The zero-order chi connectivity index (χ0) is 32.1. The molecule has 4 N–H and O–H groups in total. The van der Waals surface area contributed by atoms with Crippen LogP contribution in [-0.2, 0) is 25.7 Å². The average molecular weight is 633 g/mol. The zero-order valence-corrected chi connectivity index (χ0v) is 26.1. The number of carbonyl (C=O) groups is 2. The molecule has 2 aliphatic rings. The van der Waals surface area contributed by atoms with Gasteiger partial charge in [-0.05, 0) is 42.2 Å². The Hall–Kier alpha value is -3.94. The maximum Gasteiger partial charge on any atom is 0.243 e. The van der Waals surface area contributed by atoms with Gasteiger partial charge in [-0.3, -0.25) is 19.7 Å². The van der Waals surface area contributed by atoms with Crippen molar-refractivity contribution >= 4 is 23.5 Å². The highest BCUT2D eigenvalue weighted by atomic mass is 16.7. The van der Waals surface area contributed by atoms with Crippen molar-refractivity contribution in [2.45, 2.75) is 70.1 Å². The van der Waals surface area contributed by atoms with Gasteiger partial charge in [0.1, 0.15) is 0 Å². The van der Waals surface area contributed by atoms with Crippen LogP contribution < -0.4 is 15.7 Å². The van der Waals surface area contributed by atoms with Gasteiger partial charge in [-0.15, -0.1) is 0 Å². The van der Waals surface area contributed by atoms with Crippen LogP contribution in [0.5, 0.6) is 0 Å². The number of ether oxygens (including phenoxy) is 2.